The minimum atomic E-state index is -4.53. The van der Waals surface area contributed by atoms with E-state index < -0.39 is 25.7 Å². The van der Waals surface area contributed by atoms with Crippen molar-refractivity contribution in [2.75, 3.05) is 69.6 Å². The van der Waals surface area contributed by atoms with Crippen LogP contribution in [0.2, 0.25) is 0 Å². The minimum Gasteiger partial charge on any atom is -0.455 e. The predicted octanol–water partition coefficient (Wildman–Crippen LogP) is 7.95. The van der Waals surface area contributed by atoms with Gasteiger partial charge in [-0.3, -0.25) is 19.8 Å². The number of nitro benzene ring substituents is 1. The number of fused-ring (bicyclic) bond motifs is 1. The molecule has 2 saturated heterocycles. The van der Waals surface area contributed by atoms with E-state index in [1.807, 2.05) is 12.1 Å². The number of ether oxygens (including phenoxy) is 1. The third-order valence-corrected chi connectivity index (χ3v) is 13.5. The highest BCUT2D eigenvalue weighted by Gasteiger charge is 2.30. The summed E-state index contributed by atoms with van der Waals surface area (Å²) in [4.78, 5) is 39.5. The number of piperidine rings is 1. The number of nitrogens with one attached hydrogen (secondary N) is 3. The summed E-state index contributed by atoms with van der Waals surface area (Å²) in [6.45, 7) is 13.8. The van der Waals surface area contributed by atoms with Crippen molar-refractivity contribution in [2.24, 2.45) is 11.3 Å². The van der Waals surface area contributed by atoms with Gasteiger partial charge >= 0.3 is 0 Å². The number of aromatic nitrogens is 2. The van der Waals surface area contributed by atoms with Crippen LogP contribution >= 0.6 is 0 Å². The average molecular weight is 827 g/mol. The van der Waals surface area contributed by atoms with E-state index in [1.165, 1.54) is 44.2 Å². The van der Waals surface area contributed by atoms with Crippen molar-refractivity contribution in [3.63, 3.8) is 0 Å². The molecule has 2 aromatic heterocycles. The number of allylic oxidation sites excluding steroid dienone is 1. The van der Waals surface area contributed by atoms with Crippen molar-refractivity contribution < 1.29 is 22.9 Å². The van der Waals surface area contributed by atoms with Gasteiger partial charge in [-0.2, -0.15) is 0 Å². The fourth-order valence-corrected chi connectivity index (χ4v) is 9.54. The molecular weight excluding hydrogens is 769 g/mol. The fourth-order valence-electron chi connectivity index (χ4n) is 8.56. The van der Waals surface area contributed by atoms with Crippen molar-refractivity contribution in [1.29, 1.82) is 0 Å². The molecule has 14 nitrogen and oxygen atoms in total. The minimum absolute atomic E-state index is 0.0113. The molecule has 15 heteroatoms. The Kier molecular flexibility index (Phi) is 12.9. The van der Waals surface area contributed by atoms with Gasteiger partial charge in [0.05, 0.1) is 21.6 Å². The topological polar surface area (TPSA) is 166 Å². The molecule has 2 aromatic carbocycles. The van der Waals surface area contributed by atoms with Crippen LogP contribution in [0.1, 0.15) is 82.5 Å². The van der Waals surface area contributed by atoms with Crippen LogP contribution in [0, 0.1) is 21.4 Å². The Balaban J connectivity index is 1.08. The summed E-state index contributed by atoms with van der Waals surface area (Å²) in [6.07, 6.45) is 12.4. The predicted molar refractivity (Wildman–Crippen MR) is 232 cm³/mol. The number of amides is 1. The Labute approximate surface area is 347 Å². The number of H-pyrrole nitrogens is 1. The third-order valence-electron chi connectivity index (χ3n) is 12.2. The van der Waals surface area contributed by atoms with Crippen LogP contribution in [-0.2, 0) is 10.0 Å². The molecule has 3 N–H and O–H groups in total. The highest BCUT2D eigenvalue weighted by Crippen LogP contribution is 2.41. The lowest BCUT2D eigenvalue weighted by Crippen LogP contribution is -2.47. The summed E-state index contributed by atoms with van der Waals surface area (Å²) in [7, 11) is -2.46. The van der Waals surface area contributed by atoms with E-state index in [2.05, 4.69) is 62.5 Å². The first kappa shape index (κ1) is 42.1. The summed E-state index contributed by atoms with van der Waals surface area (Å²) < 4.78 is 35.8. The molecule has 3 aliphatic rings. The number of unbranched alkanes of at least 4 members (excludes halogenated alkanes) is 1. The number of anilines is 2. The number of carbonyl (C=O) groups is 1. The van der Waals surface area contributed by atoms with Gasteiger partial charge < -0.3 is 24.8 Å². The number of benzene rings is 2. The monoisotopic (exact) mass is 826 g/mol. The van der Waals surface area contributed by atoms with E-state index in [4.69, 9.17) is 4.74 Å². The van der Waals surface area contributed by atoms with Gasteiger partial charge in [0, 0.05) is 68.7 Å². The number of nitrogens with zero attached hydrogens (tertiary/aromatic N) is 5. The molecule has 1 aliphatic carbocycles. The largest absolute Gasteiger partial charge is 0.455 e. The Morgan fingerprint density at radius 2 is 1.81 bits per heavy atom. The van der Waals surface area contributed by atoms with E-state index in [0.29, 0.717) is 29.3 Å². The molecule has 316 valence electrons. The Morgan fingerprint density at radius 3 is 2.56 bits per heavy atom. The molecule has 0 saturated carbocycles. The van der Waals surface area contributed by atoms with Crippen LogP contribution in [0.15, 0.2) is 77.0 Å². The van der Waals surface area contributed by atoms with Crippen LogP contribution in [0.3, 0.4) is 0 Å². The molecule has 7 rings (SSSR count). The maximum absolute atomic E-state index is 13.9. The fraction of sp³-hybridized carbons (Fsp3) is 0.500. The van der Waals surface area contributed by atoms with Crippen LogP contribution in [-0.4, -0.2) is 98.4 Å². The maximum atomic E-state index is 13.9. The third kappa shape index (κ3) is 10.4. The maximum Gasteiger partial charge on any atom is 0.293 e. The number of nitro groups is 1. The molecule has 59 heavy (non-hydrogen) atoms. The van der Waals surface area contributed by atoms with Crippen molar-refractivity contribution in [2.45, 2.75) is 77.0 Å². The molecule has 0 unspecified atom stereocenters. The van der Waals surface area contributed by atoms with Gasteiger partial charge in [-0.25, -0.2) is 18.1 Å². The molecule has 1 amide bonds. The lowest BCUT2D eigenvalue weighted by Gasteiger charge is -2.39. The average Bonchev–Trinajstić information content (AvgIpc) is 3.69. The van der Waals surface area contributed by atoms with Crippen molar-refractivity contribution in [3.8, 4) is 11.5 Å². The zero-order chi connectivity index (χ0) is 41.7. The van der Waals surface area contributed by atoms with Crippen molar-refractivity contribution >= 4 is 44.0 Å². The second kappa shape index (κ2) is 18.1. The lowest BCUT2D eigenvalue weighted by atomic mass is 9.73. The number of carbonyl (C=O) groups excluding carboxylic acids is 1. The number of sulfonamides is 1. The van der Waals surface area contributed by atoms with E-state index in [-0.39, 0.29) is 22.7 Å². The lowest BCUT2D eigenvalue weighted by molar-refractivity contribution is -0.384. The van der Waals surface area contributed by atoms with Gasteiger partial charge in [0.1, 0.15) is 22.8 Å². The normalized spacial score (nSPS) is 18.3. The van der Waals surface area contributed by atoms with E-state index >= 15 is 0 Å². The van der Waals surface area contributed by atoms with Crippen LogP contribution < -0.4 is 19.7 Å². The van der Waals surface area contributed by atoms with Gasteiger partial charge in [0.25, 0.3) is 21.6 Å². The van der Waals surface area contributed by atoms with Gasteiger partial charge in [0.15, 0.2) is 0 Å². The Bertz CT molecular complexity index is 2290. The van der Waals surface area contributed by atoms with Gasteiger partial charge in [0.2, 0.25) is 0 Å². The standard InChI is InChI=1S/C44H58N8O6S/c1-5-6-7-33-27-44(2,3)16-12-34(33)30-50-20-22-51(23-21-50)35-8-10-38(41(25-35)58-36-24-32-13-17-45-42(32)47-29-36)43(53)48-59(56,57)37-9-11-39(40(26-37)52(54)55)46-28-31-14-18-49(4)19-15-31/h8-11,13,17,24-26,29,31,46H,5-7,12,14-16,18-23,27-28,30H2,1-4H3,(H,45,47)(H,48,53). The zero-order valence-electron chi connectivity index (χ0n) is 34.8. The summed E-state index contributed by atoms with van der Waals surface area (Å²) in [5, 5.41) is 16.1. The molecule has 2 aliphatic heterocycles. The van der Waals surface area contributed by atoms with E-state index in [1.54, 1.807) is 41.7 Å². The molecule has 4 heterocycles. The first-order valence-corrected chi connectivity index (χ1v) is 22.5. The second-order valence-corrected chi connectivity index (χ2v) is 19.0. The van der Waals surface area contributed by atoms with Crippen LogP contribution in [0.5, 0.6) is 11.5 Å². The van der Waals surface area contributed by atoms with E-state index in [0.717, 1.165) is 82.2 Å². The Hall–Kier alpha value is -4.99. The van der Waals surface area contributed by atoms with Gasteiger partial charge in [-0.05, 0) is 113 Å². The SMILES string of the molecule is CCCCC1=C(CN2CCN(c3ccc(C(=O)NS(=O)(=O)c4ccc(NCC5CCN(C)CC5)c([N+](=O)[O-])c4)c(Oc4cnc5[nH]ccc5c4)c3)CC2)CCC(C)(C)C1. The zero-order valence-corrected chi connectivity index (χ0v) is 35.6. The Morgan fingerprint density at radius 1 is 1.03 bits per heavy atom. The van der Waals surface area contributed by atoms with Gasteiger partial charge in [-0.15, -0.1) is 0 Å². The number of likely N-dealkylation sites (tertiary alicyclic amines) is 1. The number of rotatable bonds is 15. The molecule has 0 radical (unpaired) electrons. The van der Waals surface area contributed by atoms with Crippen molar-refractivity contribution in [3.05, 3.63) is 87.7 Å². The molecule has 4 aromatic rings. The second-order valence-electron chi connectivity index (χ2n) is 17.3. The number of pyridine rings is 1. The number of hydrogen-bond donors (Lipinski definition) is 3. The molecule has 0 bridgehead atoms. The summed E-state index contributed by atoms with van der Waals surface area (Å²) in [5.74, 6) is -0.0496. The quantitative estimate of drug-likeness (QED) is 0.0605. The molecule has 0 atom stereocenters. The number of hydrogen-bond acceptors (Lipinski definition) is 11. The molecule has 2 fully saturated rings. The summed E-state index contributed by atoms with van der Waals surface area (Å²) in [6, 6.07) is 12.4. The number of aromatic amines is 1. The summed E-state index contributed by atoms with van der Waals surface area (Å²) >= 11 is 0. The first-order valence-electron chi connectivity index (χ1n) is 21.0. The summed E-state index contributed by atoms with van der Waals surface area (Å²) in [5.41, 5.74) is 4.98. The van der Waals surface area contributed by atoms with Gasteiger partial charge in [-0.1, -0.05) is 38.3 Å². The van der Waals surface area contributed by atoms with Crippen LogP contribution in [0.25, 0.3) is 11.0 Å². The first-order chi connectivity index (χ1) is 28.3. The molecular formula is C44H58N8O6S. The molecule has 0 spiro atoms. The highest BCUT2D eigenvalue weighted by atomic mass is 32.2. The highest BCUT2D eigenvalue weighted by molar-refractivity contribution is 7.90. The number of piperazine rings is 1. The smallest absolute Gasteiger partial charge is 0.293 e. The van der Waals surface area contributed by atoms with E-state index in [9.17, 15) is 23.3 Å². The van der Waals surface area contributed by atoms with Crippen LogP contribution in [0.4, 0.5) is 17.1 Å². The van der Waals surface area contributed by atoms with Crippen molar-refractivity contribution in [1.82, 2.24) is 24.5 Å².